The van der Waals surface area contributed by atoms with E-state index < -0.39 is 12.8 Å². The van der Waals surface area contributed by atoms with Gasteiger partial charge < -0.3 is 19.9 Å². The van der Waals surface area contributed by atoms with Crippen molar-refractivity contribution in [2.24, 2.45) is 21.8 Å². The first-order chi connectivity index (χ1) is 16.0. The Kier molecular flexibility index (Phi) is 9.45. The second-order valence-electron chi connectivity index (χ2n) is 7.82. The molecule has 1 amide bonds. The Hall–Kier alpha value is -2.71. The van der Waals surface area contributed by atoms with Gasteiger partial charge in [0.2, 0.25) is 12.8 Å². The molecule has 1 aromatic rings. The minimum atomic E-state index is -0.892. The number of alkyl halides is 1. The maximum absolute atomic E-state index is 12.7. The highest BCUT2D eigenvalue weighted by atomic mass is 35.5. The average Bonchev–Trinajstić information content (AvgIpc) is 2.98. The summed E-state index contributed by atoms with van der Waals surface area (Å²) in [5.41, 5.74) is 1.06. The minimum Gasteiger partial charge on any atom is -0.467 e. The van der Waals surface area contributed by atoms with Crippen LogP contribution in [0.5, 0.6) is 0 Å². The van der Waals surface area contributed by atoms with Crippen LogP contribution < -0.4 is 5.32 Å². The summed E-state index contributed by atoms with van der Waals surface area (Å²) in [5.74, 6) is 0.992. The van der Waals surface area contributed by atoms with E-state index in [1.807, 2.05) is 30.3 Å². The highest BCUT2D eigenvalue weighted by Crippen LogP contribution is 2.28. The number of nitrogens with zero attached hydrogens (tertiary/aromatic N) is 2. The van der Waals surface area contributed by atoms with Crippen molar-refractivity contribution in [2.45, 2.75) is 32.1 Å². The monoisotopic (exact) mass is 477 g/mol. The van der Waals surface area contributed by atoms with Crippen LogP contribution >= 0.6 is 11.6 Å². The fourth-order valence-electron chi connectivity index (χ4n) is 3.88. The van der Waals surface area contributed by atoms with Gasteiger partial charge in [0.05, 0.1) is 12.5 Å². The normalized spacial score (nSPS) is 22.1. The van der Waals surface area contributed by atoms with E-state index in [2.05, 4.69) is 15.3 Å². The van der Waals surface area contributed by atoms with E-state index in [0.29, 0.717) is 60.4 Å². The van der Waals surface area contributed by atoms with Gasteiger partial charge in [-0.1, -0.05) is 23.7 Å². The molecule has 1 aliphatic carbocycles. The topological polar surface area (TPSA) is 92.5 Å². The number of rotatable bonds is 8. The molecule has 0 saturated carbocycles. The van der Waals surface area contributed by atoms with Crippen LogP contribution in [0.3, 0.4) is 0 Å². The molecular weight excluding hydrogens is 449 g/mol. The lowest BCUT2D eigenvalue weighted by molar-refractivity contribution is -0.123. The molecule has 0 radical (unpaired) electrons. The lowest BCUT2D eigenvalue weighted by atomic mass is 9.91. The number of aliphatic imine (C=N–C) groups is 2. The van der Waals surface area contributed by atoms with Gasteiger partial charge in [-0.2, -0.15) is 0 Å². The lowest BCUT2D eigenvalue weighted by Crippen LogP contribution is -2.36. The van der Waals surface area contributed by atoms with Crippen LogP contribution in [0.15, 0.2) is 57.9 Å². The molecule has 0 aromatic heterocycles. The van der Waals surface area contributed by atoms with Gasteiger partial charge in [0, 0.05) is 37.0 Å². The molecule has 2 N–H and O–H groups in total. The van der Waals surface area contributed by atoms with Crippen LogP contribution in [0.25, 0.3) is 0 Å². The largest absolute Gasteiger partial charge is 0.467 e. The second-order valence-corrected chi connectivity index (χ2v) is 8.25. The summed E-state index contributed by atoms with van der Waals surface area (Å²) in [6, 6.07) is 7.58. The van der Waals surface area contributed by atoms with E-state index in [1.165, 1.54) is 0 Å². The maximum atomic E-state index is 12.7. The van der Waals surface area contributed by atoms with Crippen LogP contribution in [0.1, 0.15) is 31.2 Å². The van der Waals surface area contributed by atoms with E-state index in [0.717, 1.165) is 5.56 Å². The number of benzene rings is 1. The molecule has 7 nitrogen and oxygen atoms in total. The summed E-state index contributed by atoms with van der Waals surface area (Å²) >= 11 is 6.03. The molecule has 0 fully saturated rings. The summed E-state index contributed by atoms with van der Waals surface area (Å²) in [4.78, 5) is 21.6. The zero-order valence-corrected chi connectivity index (χ0v) is 19.4. The van der Waals surface area contributed by atoms with Crippen molar-refractivity contribution in [1.29, 1.82) is 0 Å². The highest BCUT2D eigenvalue weighted by Gasteiger charge is 2.32. The Morgan fingerprint density at radius 2 is 2.12 bits per heavy atom. The molecule has 3 rings (SSSR count). The standard InChI is InChI=1S/C24H29ClFN3O4/c1-27-22-21(23(31)28-11-12-30)10-7-17(13-16-5-8-18(25)9-6-16)24(29-22)33-20-4-2-3-19(14-20)32-15-26/h4-6,8-9,14,17,21,30H,2-3,7,10-13,15H2,1H3,(H,28,31). The number of allylic oxidation sites excluding steroid dienone is 3. The Morgan fingerprint density at radius 3 is 2.82 bits per heavy atom. The zero-order chi connectivity index (χ0) is 23.6. The molecule has 0 bridgehead atoms. The van der Waals surface area contributed by atoms with E-state index in [4.69, 9.17) is 26.2 Å². The molecule has 1 heterocycles. The van der Waals surface area contributed by atoms with E-state index in [1.54, 1.807) is 13.1 Å². The van der Waals surface area contributed by atoms with Crippen molar-refractivity contribution in [3.63, 3.8) is 0 Å². The molecule has 2 atom stereocenters. The van der Waals surface area contributed by atoms with Gasteiger partial charge in [-0.25, -0.2) is 9.38 Å². The molecule has 33 heavy (non-hydrogen) atoms. The third-order valence-corrected chi connectivity index (χ3v) is 5.80. The third kappa shape index (κ3) is 7.14. The smallest absolute Gasteiger partial charge is 0.230 e. The average molecular weight is 478 g/mol. The number of hydrogen-bond acceptors (Lipinski definition) is 5. The fourth-order valence-corrected chi connectivity index (χ4v) is 4.01. The molecule has 178 valence electrons. The number of aliphatic hydroxyl groups is 1. The van der Waals surface area contributed by atoms with Crippen LogP contribution in [0.4, 0.5) is 4.39 Å². The van der Waals surface area contributed by atoms with E-state index in [-0.39, 0.29) is 25.0 Å². The summed E-state index contributed by atoms with van der Waals surface area (Å²) < 4.78 is 23.8. The second kappa shape index (κ2) is 12.5. The molecular formula is C24H29ClFN3O4. The number of carbonyl (C=O) groups excluding carboxylic acids is 1. The number of aliphatic hydroxyl groups excluding tert-OH is 1. The predicted octanol–water partition coefficient (Wildman–Crippen LogP) is 3.97. The number of ether oxygens (including phenoxy) is 2. The van der Waals surface area contributed by atoms with E-state index in [9.17, 15) is 9.18 Å². The van der Waals surface area contributed by atoms with Crippen molar-refractivity contribution >= 4 is 29.2 Å². The Morgan fingerprint density at radius 1 is 1.33 bits per heavy atom. The van der Waals surface area contributed by atoms with Gasteiger partial charge in [0.25, 0.3) is 0 Å². The SMILES string of the molecule is CN=C1N=C(OC2=CCCC(OCF)=C2)C(Cc2ccc(Cl)cc2)CCC1C(=O)NCCO. The molecule has 1 aromatic carbocycles. The molecule has 0 spiro atoms. The quantitative estimate of drug-likeness (QED) is 0.592. The molecule has 0 saturated heterocycles. The number of hydrogen-bond donors (Lipinski definition) is 2. The fraction of sp³-hybridized carbons (Fsp3) is 0.458. The summed E-state index contributed by atoms with van der Waals surface area (Å²) in [6.45, 7) is -0.864. The first-order valence-electron chi connectivity index (χ1n) is 11.0. The number of halogens is 2. The van der Waals surface area contributed by atoms with Crippen LogP contribution in [0.2, 0.25) is 5.02 Å². The Bertz CT molecular complexity index is 944. The van der Waals surface area contributed by atoms with Crippen molar-refractivity contribution in [2.75, 3.05) is 27.1 Å². The maximum Gasteiger partial charge on any atom is 0.230 e. The molecule has 2 unspecified atom stereocenters. The van der Waals surface area contributed by atoms with Crippen molar-refractivity contribution in [3.05, 3.63) is 58.5 Å². The van der Waals surface area contributed by atoms with Gasteiger partial charge in [-0.05, 0) is 49.5 Å². The first kappa shape index (κ1) is 24.9. The minimum absolute atomic E-state index is 0.111. The van der Waals surface area contributed by atoms with Crippen molar-refractivity contribution in [1.82, 2.24) is 5.32 Å². The van der Waals surface area contributed by atoms with E-state index >= 15 is 0 Å². The predicted molar refractivity (Wildman–Crippen MR) is 126 cm³/mol. The highest BCUT2D eigenvalue weighted by molar-refractivity contribution is 6.30. The molecule has 2 aliphatic rings. The molecule has 1 aliphatic heterocycles. The Labute approximate surface area is 198 Å². The number of amidine groups is 1. The summed E-state index contributed by atoms with van der Waals surface area (Å²) in [5, 5.41) is 12.4. The summed E-state index contributed by atoms with van der Waals surface area (Å²) in [7, 11) is 1.59. The zero-order valence-electron chi connectivity index (χ0n) is 18.6. The van der Waals surface area contributed by atoms with Crippen molar-refractivity contribution in [3.8, 4) is 0 Å². The van der Waals surface area contributed by atoms with Gasteiger partial charge in [-0.3, -0.25) is 9.79 Å². The van der Waals surface area contributed by atoms with Gasteiger partial charge in [0.15, 0.2) is 5.90 Å². The molecule has 9 heteroatoms. The number of amides is 1. The van der Waals surface area contributed by atoms with Crippen LogP contribution in [-0.2, 0) is 20.7 Å². The van der Waals surface area contributed by atoms with Crippen LogP contribution in [0, 0.1) is 11.8 Å². The van der Waals surface area contributed by atoms with Gasteiger partial charge in [0.1, 0.15) is 17.4 Å². The third-order valence-electron chi connectivity index (χ3n) is 5.54. The van der Waals surface area contributed by atoms with Crippen molar-refractivity contribution < 1.29 is 23.8 Å². The summed E-state index contributed by atoms with van der Waals surface area (Å²) in [6.07, 6.45) is 6.66. The number of carbonyl (C=O) groups is 1. The first-order valence-corrected chi connectivity index (χ1v) is 11.4. The Balaban J connectivity index is 1.89. The van der Waals surface area contributed by atoms with Gasteiger partial charge in [-0.15, -0.1) is 0 Å². The number of nitrogens with one attached hydrogen (secondary N) is 1. The van der Waals surface area contributed by atoms with Crippen LogP contribution in [-0.4, -0.2) is 49.8 Å². The lowest BCUT2D eigenvalue weighted by Gasteiger charge is -2.20. The van der Waals surface area contributed by atoms with Gasteiger partial charge >= 0.3 is 0 Å².